The van der Waals surface area contributed by atoms with Crippen molar-refractivity contribution < 1.29 is 14.3 Å². The van der Waals surface area contributed by atoms with Crippen LogP contribution in [0.1, 0.15) is 29.8 Å². The lowest BCUT2D eigenvalue weighted by molar-refractivity contribution is 0.104. The first-order valence-corrected chi connectivity index (χ1v) is 8.63. The van der Waals surface area contributed by atoms with Crippen LogP contribution in [0.25, 0.3) is 16.8 Å². The lowest BCUT2D eigenvalue weighted by Gasteiger charge is -2.15. The van der Waals surface area contributed by atoms with Gasteiger partial charge in [0, 0.05) is 11.1 Å². The molecular weight excluding hydrogens is 324 g/mol. The molecule has 0 atom stereocenters. The van der Waals surface area contributed by atoms with Crippen LogP contribution >= 0.6 is 0 Å². The van der Waals surface area contributed by atoms with E-state index in [1.807, 2.05) is 74.5 Å². The monoisotopic (exact) mass is 346 g/mol. The number of carbonyl (C=O) groups excluding carboxylic acids is 1. The molecule has 0 heterocycles. The van der Waals surface area contributed by atoms with Crippen LogP contribution in [0.2, 0.25) is 0 Å². The summed E-state index contributed by atoms with van der Waals surface area (Å²) in [5.41, 5.74) is 1.47. The number of ether oxygens (including phenoxy) is 2. The third kappa shape index (κ3) is 3.94. The number of fused-ring (bicyclic) bond motifs is 1. The molecule has 0 aliphatic carbocycles. The lowest BCUT2D eigenvalue weighted by Crippen LogP contribution is -2.08. The van der Waals surface area contributed by atoms with Crippen LogP contribution in [0.15, 0.2) is 66.7 Å². The molecular formula is C23H22O3. The van der Waals surface area contributed by atoms with E-state index in [-0.39, 0.29) is 11.9 Å². The standard InChI is InChI=1S/C23H22O3/c1-16(2)26-23-18(9-6-10-22(23)25-3)13-14-21(24)20-12-11-17-7-4-5-8-19(17)15-20/h4-16H,1-3H3/b14-13+. The van der Waals surface area contributed by atoms with Crippen molar-refractivity contribution in [2.45, 2.75) is 20.0 Å². The van der Waals surface area contributed by atoms with Crippen LogP contribution in [0.5, 0.6) is 11.5 Å². The molecule has 0 aliphatic heterocycles. The molecule has 0 saturated carbocycles. The van der Waals surface area contributed by atoms with Gasteiger partial charge >= 0.3 is 0 Å². The molecule has 3 aromatic carbocycles. The molecule has 0 unspecified atom stereocenters. The molecule has 26 heavy (non-hydrogen) atoms. The minimum atomic E-state index is -0.0472. The Morgan fingerprint density at radius 3 is 2.46 bits per heavy atom. The average Bonchev–Trinajstić information content (AvgIpc) is 2.66. The van der Waals surface area contributed by atoms with Crippen molar-refractivity contribution >= 4 is 22.6 Å². The molecule has 3 heteroatoms. The van der Waals surface area contributed by atoms with Gasteiger partial charge in [-0.2, -0.15) is 0 Å². The first-order chi connectivity index (χ1) is 12.6. The maximum Gasteiger partial charge on any atom is 0.185 e. The molecule has 0 radical (unpaired) electrons. The maximum absolute atomic E-state index is 12.6. The van der Waals surface area contributed by atoms with Crippen LogP contribution in [-0.2, 0) is 0 Å². The fourth-order valence-corrected chi connectivity index (χ4v) is 2.79. The Morgan fingerprint density at radius 2 is 1.73 bits per heavy atom. The number of carbonyl (C=O) groups is 1. The van der Waals surface area contributed by atoms with E-state index < -0.39 is 0 Å². The molecule has 0 bridgehead atoms. The van der Waals surface area contributed by atoms with Gasteiger partial charge in [0.05, 0.1) is 13.2 Å². The van der Waals surface area contributed by atoms with Gasteiger partial charge in [-0.05, 0) is 48.9 Å². The normalized spacial score (nSPS) is 11.2. The third-order valence-corrected chi connectivity index (χ3v) is 4.03. The molecule has 0 spiro atoms. The maximum atomic E-state index is 12.6. The number of benzene rings is 3. The third-order valence-electron chi connectivity index (χ3n) is 4.03. The van der Waals surface area contributed by atoms with Crippen molar-refractivity contribution in [1.82, 2.24) is 0 Å². The van der Waals surface area contributed by atoms with E-state index in [2.05, 4.69) is 0 Å². The minimum Gasteiger partial charge on any atom is -0.493 e. The lowest BCUT2D eigenvalue weighted by atomic mass is 10.0. The highest BCUT2D eigenvalue weighted by molar-refractivity contribution is 6.08. The van der Waals surface area contributed by atoms with Crippen molar-refractivity contribution in [3.8, 4) is 11.5 Å². The molecule has 3 rings (SSSR count). The quantitative estimate of drug-likeness (QED) is 0.435. The zero-order chi connectivity index (χ0) is 18.5. The topological polar surface area (TPSA) is 35.5 Å². The predicted molar refractivity (Wildman–Crippen MR) is 106 cm³/mol. The highest BCUT2D eigenvalue weighted by Crippen LogP contribution is 2.33. The smallest absolute Gasteiger partial charge is 0.185 e. The summed E-state index contributed by atoms with van der Waals surface area (Å²) in [5.74, 6) is 1.25. The van der Waals surface area contributed by atoms with Gasteiger partial charge in [0.1, 0.15) is 0 Å². The average molecular weight is 346 g/mol. The molecule has 132 valence electrons. The predicted octanol–water partition coefficient (Wildman–Crippen LogP) is 5.53. The van der Waals surface area contributed by atoms with Crippen LogP contribution < -0.4 is 9.47 Å². The fraction of sp³-hybridized carbons (Fsp3) is 0.174. The molecule has 0 fully saturated rings. The summed E-state index contributed by atoms with van der Waals surface area (Å²) in [6.45, 7) is 3.92. The zero-order valence-electron chi connectivity index (χ0n) is 15.2. The van der Waals surface area contributed by atoms with Gasteiger partial charge in [0.2, 0.25) is 0 Å². The van der Waals surface area contributed by atoms with Gasteiger partial charge in [-0.1, -0.05) is 48.5 Å². The number of hydrogen-bond acceptors (Lipinski definition) is 3. The summed E-state index contributed by atoms with van der Waals surface area (Å²) in [6.07, 6.45) is 3.36. The summed E-state index contributed by atoms with van der Waals surface area (Å²) >= 11 is 0. The Morgan fingerprint density at radius 1 is 0.962 bits per heavy atom. The number of hydrogen-bond donors (Lipinski definition) is 0. The Bertz CT molecular complexity index is 955. The van der Waals surface area contributed by atoms with E-state index >= 15 is 0 Å². The van der Waals surface area contributed by atoms with Crippen molar-refractivity contribution in [1.29, 1.82) is 0 Å². The number of rotatable bonds is 6. The molecule has 0 aromatic heterocycles. The van der Waals surface area contributed by atoms with Gasteiger partial charge in [-0.3, -0.25) is 4.79 Å². The molecule has 3 nitrogen and oxygen atoms in total. The first-order valence-electron chi connectivity index (χ1n) is 8.63. The van der Waals surface area contributed by atoms with Gasteiger partial charge in [0.25, 0.3) is 0 Å². The van der Waals surface area contributed by atoms with Crippen LogP contribution in [0.4, 0.5) is 0 Å². The number of methoxy groups -OCH3 is 1. The second-order valence-electron chi connectivity index (χ2n) is 6.30. The Labute approximate surface area is 153 Å². The van der Waals surface area contributed by atoms with Gasteiger partial charge in [-0.15, -0.1) is 0 Å². The van der Waals surface area contributed by atoms with E-state index in [4.69, 9.17) is 9.47 Å². The van der Waals surface area contributed by atoms with Crippen molar-refractivity contribution in [3.63, 3.8) is 0 Å². The summed E-state index contributed by atoms with van der Waals surface area (Å²) in [7, 11) is 1.61. The molecule has 0 saturated heterocycles. The molecule has 0 N–H and O–H groups in total. The van der Waals surface area contributed by atoms with Gasteiger partial charge in [-0.25, -0.2) is 0 Å². The number of ketones is 1. The second-order valence-corrected chi connectivity index (χ2v) is 6.30. The highest BCUT2D eigenvalue weighted by Gasteiger charge is 2.11. The molecule has 0 amide bonds. The second kappa shape index (κ2) is 7.87. The number of para-hydroxylation sites is 1. The van der Waals surface area contributed by atoms with Gasteiger partial charge in [0.15, 0.2) is 17.3 Å². The number of allylic oxidation sites excluding steroid dienone is 1. The van der Waals surface area contributed by atoms with E-state index in [0.29, 0.717) is 17.1 Å². The first kappa shape index (κ1) is 17.7. The van der Waals surface area contributed by atoms with Crippen LogP contribution in [0, 0.1) is 0 Å². The minimum absolute atomic E-state index is 0.00893. The Balaban J connectivity index is 1.89. The van der Waals surface area contributed by atoms with E-state index in [1.54, 1.807) is 19.3 Å². The van der Waals surface area contributed by atoms with E-state index in [9.17, 15) is 4.79 Å². The van der Waals surface area contributed by atoms with Gasteiger partial charge < -0.3 is 9.47 Å². The molecule has 3 aromatic rings. The van der Waals surface area contributed by atoms with Crippen LogP contribution in [-0.4, -0.2) is 19.0 Å². The summed E-state index contributed by atoms with van der Waals surface area (Å²) in [4.78, 5) is 12.6. The van der Waals surface area contributed by atoms with E-state index in [0.717, 1.165) is 16.3 Å². The molecule has 0 aliphatic rings. The zero-order valence-corrected chi connectivity index (χ0v) is 15.2. The fourth-order valence-electron chi connectivity index (χ4n) is 2.79. The van der Waals surface area contributed by atoms with Crippen LogP contribution in [0.3, 0.4) is 0 Å². The summed E-state index contributed by atoms with van der Waals surface area (Å²) < 4.78 is 11.3. The summed E-state index contributed by atoms with van der Waals surface area (Å²) in [6, 6.07) is 19.4. The van der Waals surface area contributed by atoms with Crippen molar-refractivity contribution in [2.75, 3.05) is 7.11 Å². The summed E-state index contributed by atoms with van der Waals surface area (Å²) in [5, 5.41) is 2.17. The largest absolute Gasteiger partial charge is 0.493 e. The van der Waals surface area contributed by atoms with Crippen molar-refractivity contribution in [2.24, 2.45) is 0 Å². The van der Waals surface area contributed by atoms with E-state index in [1.165, 1.54) is 0 Å². The van der Waals surface area contributed by atoms with Crippen molar-refractivity contribution in [3.05, 3.63) is 77.9 Å². The Kier molecular flexibility index (Phi) is 5.37. The Hall–Kier alpha value is -3.07. The SMILES string of the molecule is COc1cccc(/C=C/C(=O)c2ccc3ccccc3c2)c1OC(C)C. The highest BCUT2D eigenvalue weighted by atomic mass is 16.5.